The van der Waals surface area contributed by atoms with E-state index >= 15 is 0 Å². The fourth-order valence-corrected chi connectivity index (χ4v) is 2.07. The van der Waals surface area contributed by atoms with Crippen LogP contribution in [0, 0.1) is 0 Å². The van der Waals surface area contributed by atoms with Gasteiger partial charge in [-0.3, -0.25) is 14.6 Å². The smallest absolute Gasteiger partial charge is 0.324 e. The number of rotatable bonds is 2. The average molecular weight is 336 g/mol. The topological polar surface area (TPSA) is 76.6 Å². The maximum absolute atomic E-state index is 12.4. The van der Waals surface area contributed by atoms with Crippen LogP contribution >= 0.6 is 0 Å². The number of nitrogens with zero attached hydrogens (tertiary/aromatic N) is 2. The molecule has 0 bridgehead atoms. The lowest BCUT2D eigenvalue weighted by Crippen LogP contribution is -2.32. The van der Waals surface area contributed by atoms with E-state index in [1.165, 1.54) is 24.3 Å². The third-order valence-corrected chi connectivity index (χ3v) is 3.22. The summed E-state index contributed by atoms with van der Waals surface area (Å²) in [5.74, 6) is -2.83. The summed E-state index contributed by atoms with van der Waals surface area (Å²) < 4.78 is 37.3. The number of halogens is 3. The molecule has 1 aromatic heterocycles. The molecule has 0 unspecified atom stereocenters. The van der Waals surface area contributed by atoms with Crippen LogP contribution in [0.3, 0.4) is 0 Å². The second-order valence-electron chi connectivity index (χ2n) is 4.76. The molecule has 0 fully saturated rings. The maximum atomic E-state index is 12.4. The predicted molar refractivity (Wildman–Crippen MR) is 71.6 cm³/mol. The van der Waals surface area contributed by atoms with E-state index in [2.05, 4.69) is 4.98 Å². The first kappa shape index (κ1) is 15.7. The number of amides is 2. The number of hydroxylamine groups is 2. The van der Waals surface area contributed by atoms with Gasteiger partial charge in [0.15, 0.2) is 0 Å². The van der Waals surface area contributed by atoms with Gasteiger partial charge in [0.25, 0.3) is 11.8 Å². The molecule has 2 heterocycles. The number of alkyl halides is 3. The second kappa shape index (κ2) is 5.44. The number of hydrogen-bond donors (Lipinski definition) is 0. The minimum Gasteiger partial charge on any atom is -0.324 e. The number of benzene rings is 1. The van der Waals surface area contributed by atoms with Crippen LogP contribution in [0.25, 0.3) is 0 Å². The Morgan fingerprint density at radius 3 is 2.04 bits per heavy atom. The van der Waals surface area contributed by atoms with Crippen molar-refractivity contribution in [3.63, 3.8) is 0 Å². The summed E-state index contributed by atoms with van der Waals surface area (Å²) in [6, 6.07) is 7.30. The summed E-state index contributed by atoms with van der Waals surface area (Å²) >= 11 is 0. The second-order valence-corrected chi connectivity index (χ2v) is 4.76. The van der Waals surface area contributed by atoms with Crippen molar-refractivity contribution < 1.29 is 32.4 Å². The van der Waals surface area contributed by atoms with E-state index < -0.39 is 29.7 Å². The molecule has 0 aliphatic carbocycles. The van der Waals surface area contributed by atoms with Gasteiger partial charge in [-0.2, -0.15) is 13.2 Å². The number of pyridine rings is 1. The average Bonchev–Trinajstić information content (AvgIpc) is 2.79. The van der Waals surface area contributed by atoms with Crippen molar-refractivity contribution in [2.45, 2.75) is 6.18 Å². The van der Waals surface area contributed by atoms with Crippen molar-refractivity contribution >= 4 is 17.8 Å². The van der Waals surface area contributed by atoms with Gasteiger partial charge < -0.3 is 4.84 Å². The number of fused-ring (bicyclic) bond motifs is 1. The van der Waals surface area contributed by atoms with E-state index in [0.717, 1.165) is 6.07 Å². The standard InChI is InChI=1S/C15H7F3N2O4/c16-15(17,18)11-6-5-8(7-19-11)14(23)24-20-12(21)9-3-1-2-4-10(9)13(20)22/h1-7H. The van der Waals surface area contributed by atoms with Crippen molar-refractivity contribution in [2.24, 2.45) is 0 Å². The molecule has 9 heteroatoms. The predicted octanol–water partition coefficient (Wildman–Crippen LogP) is 2.47. The summed E-state index contributed by atoms with van der Waals surface area (Å²) in [6.07, 6.45) is -3.99. The first-order valence-electron chi connectivity index (χ1n) is 6.52. The number of aromatic nitrogens is 1. The Morgan fingerprint density at radius 1 is 1.00 bits per heavy atom. The minimum absolute atomic E-state index is 0.0702. The Kier molecular flexibility index (Phi) is 3.55. The van der Waals surface area contributed by atoms with Gasteiger partial charge in [0.2, 0.25) is 0 Å². The van der Waals surface area contributed by atoms with Crippen molar-refractivity contribution in [1.82, 2.24) is 10.0 Å². The number of carbonyl (C=O) groups excluding carboxylic acids is 3. The van der Waals surface area contributed by atoms with E-state index in [-0.39, 0.29) is 21.8 Å². The highest BCUT2D eigenvalue weighted by molar-refractivity contribution is 6.21. The lowest BCUT2D eigenvalue weighted by Gasteiger charge is -2.12. The molecule has 6 nitrogen and oxygen atoms in total. The molecule has 1 aliphatic heterocycles. The Morgan fingerprint density at radius 2 is 1.58 bits per heavy atom. The van der Waals surface area contributed by atoms with Gasteiger partial charge >= 0.3 is 12.1 Å². The van der Waals surface area contributed by atoms with Crippen molar-refractivity contribution in [3.8, 4) is 0 Å². The van der Waals surface area contributed by atoms with Crippen LogP contribution in [0.4, 0.5) is 13.2 Å². The molecule has 2 amide bonds. The van der Waals surface area contributed by atoms with Gasteiger partial charge in [0.05, 0.1) is 16.7 Å². The lowest BCUT2D eigenvalue weighted by atomic mass is 10.1. The van der Waals surface area contributed by atoms with Crippen LogP contribution in [0.2, 0.25) is 0 Å². The Bertz CT molecular complexity index is 812. The summed E-state index contributed by atoms with van der Waals surface area (Å²) in [6.45, 7) is 0. The summed E-state index contributed by atoms with van der Waals surface area (Å²) in [7, 11) is 0. The van der Waals surface area contributed by atoms with Gasteiger partial charge in [0, 0.05) is 6.20 Å². The number of imide groups is 1. The molecule has 0 atom stereocenters. The first-order valence-corrected chi connectivity index (χ1v) is 6.52. The highest BCUT2D eigenvalue weighted by Gasteiger charge is 2.39. The number of hydrogen-bond acceptors (Lipinski definition) is 5. The van der Waals surface area contributed by atoms with Crippen LogP contribution in [0.5, 0.6) is 0 Å². The quantitative estimate of drug-likeness (QED) is 0.788. The zero-order valence-electron chi connectivity index (χ0n) is 11.7. The van der Waals surface area contributed by atoms with E-state index in [1.54, 1.807) is 0 Å². The van der Waals surface area contributed by atoms with Crippen molar-refractivity contribution in [3.05, 3.63) is 65.0 Å². The SMILES string of the molecule is O=C(ON1C(=O)c2ccccc2C1=O)c1ccc(C(F)(F)F)nc1. The van der Waals surface area contributed by atoms with E-state index in [4.69, 9.17) is 4.84 Å². The number of carbonyl (C=O) groups is 3. The highest BCUT2D eigenvalue weighted by atomic mass is 19.4. The van der Waals surface area contributed by atoms with Gasteiger partial charge in [-0.1, -0.05) is 17.2 Å². The zero-order chi connectivity index (χ0) is 17.5. The molecule has 0 saturated heterocycles. The van der Waals surface area contributed by atoms with Crippen molar-refractivity contribution in [2.75, 3.05) is 0 Å². The van der Waals surface area contributed by atoms with Gasteiger partial charge in [0.1, 0.15) is 5.69 Å². The normalized spacial score (nSPS) is 13.9. The first-order chi connectivity index (χ1) is 11.3. The summed E-state index contributed by atoms with van der Waals surface area (Å²) in [5, 5.41) is 0.269. The van der Waals surface area contributed by atoms with Crippen LogP contribution in [-0.2, 0) is 11.0 Å². The lowest BCUT2D eigenvalue weighted by molar-refractivity contribution is -0.141. The Hall–Kier alpha value is -3.23. The monoisotopic (exact) mass is 336 g/mol. The molecule has 122 valence electrons. The Balaban J connectivity index is 1.79. The fourth-order valence-electron chi connectivity index (χ4n) is 2.07. The van der Waals surface area contributed by atoms with Crippen LogP contribution < -0.4 is 0 Å². The van der Waals surface area contributed by atoms with Crippen molar-refractivity contribution in [1.29, 1.82) is 0 Å². The molecule has 3 rings (SSSR count). The van der Waals surface area contributed by atoms with Crippen LogP contribution in [0.15, 0.2) is 42.6 Å². The van der Waals surface area contributed by atoms with Gasteiger partial charge in [-0.05, 0) is 24.3 Å². The minimum atomic E-state index is -4.65. The van der Waals surface area contributed by atoms with Gasteiger partial charge in [-0.25, -0.2) is 4.79 Å². The molecule has 0 saturated carbocycles. The molecule has 1 aromatic carbocycles. The molecular formula is C15H7F3N2O4. The molecule has 2 aromatic rings. The molecule has 0 spiro atoms. The molecule has 24 heavy (non-hydrogen) atoms. The molecule has 0 N–H and O–H groups in total. The Labute approximate surface area is 132 Å². The van der Waals surface area contributed by atoms with Crippen LogP contribution in [-0.4, -0.2) is 27.8 Å². The molecular weight excluding hydrogens is 329 g/mol. The van der Waals surface area contributed by atoms with E-state index in [0.29, 0.717) is 12.3 Å². The molecule has 1 aliphatic rings. The van der Waals surface area contributed by atoms with Gasteiger partial charge in [-0.15, -0.1) is 0 Å². The highest BCUT2D eigenvalue weighted by Crippen LogP contribution is 2.27. The zero-order valence-corrected chi connectivity index (χ0v) is 11.7. The van der Waals surface area contributed by atoms with Crippen LogP contribution in [0.1, 0.15) is 36.8 Å². The van der Waals surface area contributed by atoms with E-state index in [1.807, 2.05) is 0 Å². The largest absolute Gasteiger partial charge is 0.433 e. The van der Waals surface area contributed by atoms with E-state index in [9.17, 15) is 27.6 Å². The maximum Gasteiger partial charge on any atom is 0.433 e. The molecule has 0 radical (unpaired) electrons. The summed E-state index contributed by atoms with van der Waals surface area (Å²) in [4.78, 5) is 43.8. The third-order valence-electron chi connectivity index (χ3n) is 3.22. The fraction of sp³-hybridized carbons (Fsp3) is 0.0667. The third kappa shape index (κ3) is 2.60. The summed E-state index contributed by atoms with van der Waals surface area (Å²) in [5.41, 5.74) is -1.37.